The average molecular weight is 231 g/mol. The summed E-state index contributed by atoms with van der Waals surface area (Å²) in [6.07, 6.45) is 1.00. The highest BCUT2D eigenvalue weighted by atomic mass is 16.2. The number of anilines is 1. The van der Waals surface area contributed by atoms with Crippen LogP contribution in [-0.4, -0.2) is 12.5 Å². The van der Waals surface area contributed by atoms with E-state index in [1.165, 1.54) is 11.1 Å². The molecule has 1 amide bonds. The molecule has 0 aromatic heterocycles. The molecule has 0 aliphatic carbocycles. The highest BCUT2D eigenvalue weighted by Gasteiger charge is 2.27. The summed E-state index contributed by atoms with van der Waals surface area (Å²) in [5, 5.41) is 0. The van der Waals surface area contributed by atoms with E-state index in [2.05, 4.69) is 32.0 Å². The molecule has 2 rings (SSSR count). The quantitative estimate of drug-likeness (QED) is 0.764. The zero-order valence-electron chi connectivity index (χ0n) is 11.2. The molecular formula is C15H21NO. The number of carbonyl (C=O) groups excluding carboxylic acids is 1. The summed E-state index contributed by atoms with van der Waals surface area (Å²) >= 11 is 0. The molecule has 0 saturated carbocycles. The third-order valence-corrected chi connectivity index (χ3v) is 3.45. The van der Waals surface area contributed by atoms with E-state index >= 15 is 0 Å². The fourth-order valence-electron chi connectivity index (χ4n) is 2.54. The fraction of sp³-hybridized carbons (Fsp3) is 0.533. The van der Waals surface area contributed by atoms with Crippen molar-refractivity contribution < 1.29 is 4.79 Å². The van der Waals surface area contributed by atoms with Crippen LogP contribution in [0, 0.1) is 5.92 Å². The predicted octanol–water partition coefficient (Wildman–Crippen LogP) is 3.36. The Bertz CT molecular complexity index is 435. The summed E-state index contributed by atoms with van der Waals surface area (Å²) < 4.78 is 0. The van der Waals surface area contributed by atoms with Crippen LogP contribution in [0.1, 0.15) is 44.7 Å². The van der Waals surface area contributed by atoms with Crippen molar-refractivity contribution in [3.05, 3.63) is 29.3 Å². The van der Waals surface area contributed by atoms with Crippen LogP contribution >= 0.6 is 0 Å². The van der Waals surface area contributed by atoms with E-state index in [0.717, 1.165) is 18.7 Å². The van der Waals surface area contributed by atoms with Crippen molar-refractivity contribution in [1.82, 2.24) is 0 Å². The van der Waals surface area contributed by atoms with E-state index < -0.39 is 0 Å². The highest BCUT2D eigenvalue weighted by molar-refractivity contribution is 5.96. The molecule has 0 radical (unpaired) electrons. The minimum Gasteiger partial charge on any atom is -0.312 e. The first-order valence-electron chi connectivity index (χ1n) is 6.45. The number of amides is 1. The van der Waals surface area contributed by atoms with Crippen molar-refractivity contribution >= 4 is 11.6 Å². The molecule has 1 aliphatic heterocycles. The van der Waals surface area contributed by atoms with Gasteiger partial charge in [-0.3, -0.25) is 4.79 Å². The standard InChI is InChI=1S/C15H21NO/c1-10(2)12-6-5-7-14-13(12)8-9-16(14)15(17)11(3)4/h5-7,10-11H,8-9H2,1-4H3. The van der Waals surface area contributed by atoms with Crippen LogP contribution in [-0.2, 0) is 11.2 Å². The highest BCUT2D eigenvalue weighted by Crippen LogP contribution is 2.34. The summed E-state index contributed by atoms with van der Waals surface area (Å²) in [5.74, 6) is 0.840. The van der Waals surface area contributed by atoms with Gasteiger partial charge in [0.05, 0.1) is 0 Å². The summed E-state index contributed by atoms with van der Waals surface area (Å²) in [5.41, 5.74) is 3.90. The Morgan fingerprint density at radius 1 is 1.24 bits per heavy atom. The molecule has 0 unspecified atom stereocenters. The Hall–Kier alpha value is -1.31. The first-order chi connectivity index (χ1) is 8.02. The SMILES string of the molecule is CC(C)C(=O)N1CCc2c(C(C)C)cccc21. The molecule has 0 fully saturated rings. The van der Waals surface area contributed by atoms with Crippen molar-refractivity contribution in [3.8, 4) is 0 Å². The second-order valence-corrected chi connectivity index (χ2v) is 5.39. The van der Waals surface area contributed by atoms with Gasteiger partial charge < -0.3 is 4.90 Å². The lowest BCUT2D eigenvalue weighted by atomic mass is 9.95. The Morgan fingerprint density at radius 2 is 1.94 bits per heavy atom. The maximum Gasteiger partial charge on any atom is 0.229 e. The molecule has 2 nitrogen and oxygen atoms in total. The predicted molar refractivity (Wildman–Crippen MR) is 71.4 cm³/mol. The van der Waals surface area contributed by atoms with Crippen molar-refractivity contribution in [2.75, 3.05) is 11.4 Å². The van der Waals surface area contributed by atoms with Gasteiger partial charge in [0, 0.05) is 18.2 Å². The Kier molecular flexibility index (Phi) is 3.23. The Balaban J connectivity index is 2.39. The van der Waals surface area contributed by atoms with Crippen LogP contribution in [0.2, 0.25) is 0 Å². The first kappa shape index (κ1) is 12.2. The summed E-state index contributed by atoms with van der Waals surface area (Å²) in [4.78, 5) is 14.1. The molecule has 1 aromatic carbocycles. The number of rotatable bonds is 2. The number of benzene rings is 1. The second kappa shape index (κ2) is 4.52. The van der Waals surface area contributed by atoms with Gasteiger partial charge in [0.2, 0.25) is 5.91 Å². The van der Waals surface area contributed by atoms with Gasteiger partial charge in [0.1, 0.15) is 0 Å². The van der Waals surface area contributed by atoms with Crippen molar-refractivity contribution in [2.24, 2.45) is 5.92 Å². The van der Waals surface area contributed by atoms with Gasteiger partial charge in [0.15, 0.2) is 0 Å². The summed E-state index contributed by atoms with van der Waals surface area (Å²) in [6.45, 7) is 9.19. The van der Waals surface area contributed by atoms with E-state index in [0.29, 0.717) is 5.92 Å². The average Bonchev–Trinajstić information content (AvgIpc) is 2.70. The zero-order chi connectivity index (χ0) is 12.6. The monoisotopic (exact) mass is 231 g/mol. The molecular weight excluding hydrogens is 210 g/mol. The number of carbonyl (C=O) groups is 1. The molecule has 0 bridgehead atoms. The van der Waals surface area contributed by atoms with E-state index in [4.69, 9.17) is 0 Å². The number of nitrogens with zero attached hydrogens (tertiary/aromatic N) is 1. The van der Waals surface area contributed by atoms with Gasteiger partial charge in [-0.1, -0.05) is 39.8 Å². The number of fused-ring (bicyclic) bond motifs is 1. The molecule has 17 heavy (non-hydrogen) atoms. The van der Waals surface area contributed by atoms with Crippen LogP contribution < -0.4 is 4.90 Å². The minimum absolute atomic E-state index is 0.0728. The summed E-state index contributed by atoms with van der Waals surface area (Å²) in [6, 6.07) is 6.33. The van der Waals surface area contributed by atoms with Gasteiger partial charge in [-0.05, 0) is 29.5 Å². The molecule has 0 atom stereocenters. The lowest BCUT2D eigenvalue weighted by Gasteiger charge is -2.20. The van der Waals surface area contributed by atoms with Crippen molar-refractivity contribution in [3.63, 3.8) is 0 Å². The van der Waals surface area contributed by atoms with Crippen molar-refractivity contribution in [1.29, 1.82) is 0 Å². The fourth-order valence-corrected chi connectivity index (χ4v) is 2.54. The first-order valence-corrected chi connectivity index (χ1v) is 6.45. The molecule has 0 saturated heterocycles. The van der Waals surface area contributed by atoms with E-state index in [1.807, 2.05) is 18.7 Å². The van der Waals surface area contributed by atoms with Crippen LogP contribution in [0.25, 0.3) is 0 Å². The number of hydrogen-bond acceptors (Lipinski definition) is 1. The molecule has 0 spiro atoms. The lowest BCUT2D eigenvalue weighted by molar-refractivity contribution is -0.121. The van der Waals surface area contributed by atoms with Crippen LogP contribution in [0.4, 0.5) is 5.69 Å². The topological polar surface area (TPSA) is 20.3 Å². The van der Waals surface area contributed by atoms with Crippen LogP contribution in [0.5, 0.6) is 0 Å². The van der Waals surface area contributed by atoms with Crippen molar-refractivity contribution in [2.45, 2.75) is 40.0 Å². The third-order valence-electron chi connectivity index (χ3n) is 3.45. The molecule has 1 heterocycles. The zero-order valence-corrected chi connectivity index (χ0v) is 11.2. The molecule has 92 valence electrons. The third kappa shape index (κ3) is 2.08. The normalized spacial score (nSPS) is 14.6. The summed E-state index contributed by atoms with van der Waals surface area (Å²) in [7, 11) is 0. The van der Waals surface area contributed by atoms with Gasteiger partial charge in [-0.15, -0.1) is 0 Å². The van der Waals surface area contributed by atoms with E-state index in [1.54, 1.807) is 0 Å². The number of hydrogen-bond donors (Lipinski definition) is 0. The molecule has 1 aliphatic rings. The van der Waals surface area contributed by atoms with Gasteiger partial charge in [-0.25, -0.2) is 0 Å². The molecule has 0 N–H and O–H groups in total. The van der Waals surface area contributed by atoms with Crippen LogP contribution in [0.15, 0.2) is 18.2 Å². The minimum atomic E-state index is 0.0728. The Labute approximate surface area is 104 Å². The smallest absolute Gasteiger partial charge is 0.229 e. The largest absolute Gasteiger partial charge is 0.312 e. The van der Waals surface area contributed by atoms with E-state index in [9.17, 15) is 4.79 Å². The molecule has 1 aromatic rings. The maximum absolute atomic E-state index is 12.1. The maximum atomic E-state index is 12.1. The lowest BCUT2D eigenvalue weighted by Crippen LogP contribution is -2.32. The second-order valence-electron chi connectivity index (χ2n) is 5.39. The Morgan fingerprint density at radius 3 is 2.53 bits per heavy atom. The van der Waals surface area contributed by atoms with Gasteiger partial charge in [0.25, 0.3) is 0 Å². The van der Waals surface area contributed by atoms with Gasteiger partial charge >= 0.3 is 0 Å². The van der Waals surface area contributed by atoms with Crippen LogP contribution in [0.3, 0.4) is 0 Å². The molecule has 2 heteroatoms. The van der Waals surface area contributed by atoms with E-state index in [-0.39, 0.29) is 11.8 Å². The van der Waals surface area contributed by atoms with Gasteiger partial charge in [-0.2, -0.15) is 0 Å².